The number of halogens is 1. The van der Waals surface area contributed by atoms with E-state index < -0.39 is 0 Å². The second-order valence-electron chi connectivity index (χ2n) is 5.93. The molecular weight excluding hydrogens is 298 g/mol. The summed E-state index contributed by atoms with van der Waals surface area (Å²) < 4.78 is 5.75. The standard InChI is InChI=1S/C18H22ClNO2/c1-18(2,13-21)20-11-15-8-9-17(16(19)10-15)22-12-14-6-4-3-5-7-14/h3-10,20-21H,11-13H2,1-2H3. The lowest BCUT2D eigenvalue weighted by atomic mass is 10.1. The second kappa shape index (κ2) is 7.63. The van der Waals surface area contributed by atoms with Gasteiger partial charge in [0.15, 0.2) is 0 Å². The molecule has 4 heteroatoms. The van der Waals surface area contributed by atoms with Gasteiger partial charge in [-0.15, -0.1) is 0 Å². The maximum atomic E-state index is 9.24. The van der Waals surface area contributed by atoms with Crippen LogP contribution in [0.15, 0.2) is 48.5 Å². The van der Waals surface area contributed by atoms with Crippen molar-refractivity contribution in [3.63, 3.8) is 0 Å². The zero-order chi connectivity index (χ0) is 16.0. The van der Waals surface area contributed by atoms with Crippen LogP contribution in [0.5, 0.6) is 5.75 Å². The lowest BCUT2D eigenvalue weighted by molar-refractivity contribution is 0.187. The fraction of sp³-hybridized carbons (Fsp3) is 0.333. The molecule has 0 saturated carbocycles. The molecule has 3 nitrogen and oxygen atoms in total. The minimum atomic E-state index is -0.311. The van der Waals surface area contributed by atoms with E-state index in [4.69, 9.17) is 16.3 Å². The van der Waals surface area contributed by atoms with E-state index in [0.29, 0.717) is 23.9 Å². The first-order valence-corrected chi connectivity index (χ1v) is 7.69. The molecule has 0 aliphatic carbocycles. The SMILES string of the molecule is CC(C)(CO)NCc1ccc(OCc2ccccc2)c(Cl)c1. The monoisotopic (exact) mass is 319 g/mol. The highest BCUT2D eigenvalue weighted by atomic mass is 35.5. The van der Waals surface area contributed by atoms with Crippen molar-refractivity contribution in [3.8, 4) is 5.75 Å². The van der Waals surface area contributed by atoms with Crippen LogP contribution < -0.4 is 10.1 Å². The zero-order valence-electron chi connectivity index (χ0n) is 13.0. The molecule has 0 unspecified atom stereocenters. The van der Waals surface area contributed by atoms with Crippen LogP contribution >= 0.6 is 11.6 Å². The molecule has 22 heavy (non-hydrogen) atoms. The Kier molecular flexibility index (Phi) is 5.83. The van der Waals surface area contributed by atoms with E-state index in [-0.39, 0.29) is 12.1 Å². The van der Waals surface area contributed by atoms with Crippen LogP contribution in [-0.2, 0) is 13.2 Å². The topological polar surface area (TPSA) is 41.5 Å². The van der Waals surface area contributed by atoms with Gasteiger partial charge in [-0.1, -0.05) is 48.0 Å². The van der Waals surface area contributed by atoms with E-state index in [9.17, 15) is 5.11 Å². The van der Waals surface area contributed by atoms with Crippen molar-refractivity contribution in [1.29, 1.82) is 0 Å². The average molecular weight is 320 g/mol. The highest BCUT2D eigenvalue weighted by molar-refractivity contribution is 6.32. The molecule has 2 aromatic carbocycles. The zero-order valence-corrected chi connectivity index (χ0v) is 13.7. The van der Waals surface area contributed by atoms with Crippen LogP contribution in [0.25, 0.3) is 0 Å². The lowest BCUT2D eigenvalue weighted by Gasteiger charge is -2.23. The number of hydrogen-bond acceptors (Lipinski definition) is 3. The molecule has 118 valence electrons. The van der Waals surface area contributed by atoms with Gasteiger partial charge < -0.3 is 15.2 Å². The van der Waals surface area contributed by atoms with Crippen LogP contribution in [0.1, 0.15) is 25.0 Å². The predicted octanol–water partition coefficient (Wildman–Crippen LogP) is 3.78. The van der Waals surface area contributed by atoms with Crippen molar-refractivity contribution in [2.24, 2.45) is 0 Å². The Labute approximate surface area is 136 Å². The van der Waals surface area contributed by atoms with Crippen LogP contribution in [-0.4, -0.2) is 17.3 Å². The molecule has 0 aliphatic rings. The Morgan fingerprint density at radius 3 is 2.45 bits per heavy atom. The summed E-state index contributed by atoms with van der Waals surface area (Å²) in [6.07, 6.45) is 0. The molecule has 0 radical (unpaired) electrons. The van der Waals surface area contributed by atoms with Crippen molar-refractivity contribution < 1.29 is 9.84 Å². The Bertz CT molecular complexity index is 599. The molecule has 0 spiro atoms. The third kappa shape index (κ3) is 5.02. The molecule has 0 fully saturated rings. The van der Waals surface area contributed by atoms with Gasteiger partial charge in [0, 0.05) is 12.1 Å². The van der Waals surface area contributed by atoms with Gasteiger partial charge in [0.05, 0.1) is 11.6 Å². The Morgan fingerprint density at radius 2 is 1.82 bits per heavy atom. The van der Waals surface area contributed by atoms with Crippen molar-refractivity contribution in [1.82, 2.24) is 5.32 Å². The summed E-state index contributed by atoms with van der Waals surface area (Å²) in [6.45, 7) is 5.12. The van der Waals surface area contributed by atoms with Crippen molar-refractivity contribution in [2.45, 2.75) is 32.5 Å². The highest BCUT2D eigenvalue weighted by Gasteiger charge is 2.15. The van der Waals surface area contributed by atoms with Gasteiger partial charge >= 0.3 is 0 Å². The first-order valence-electron chi connectivity index (χ1n) is 7.31. The molecule has 2 rings (SSSR count). The lowest BCUT2D eigenvalue weighted by Crippen LogP contribution is -2.42. The number of aliphatic hydroxyl groups is 1. The van der Waals surface area contributed by atoms with Gasteiger partial charge in [0.25, 0.3) is 0 Å². The Balaban J connectivity index is 1.95. The molecule has 0 saturated heterocycles. The predicted molar refractivity (Wildman–Crippen MR) is 90.2 cm³/mol. The molecule has 0 amide bonds. The minimum absolute atomic E-state index is 0.0823. The summed E-state index contributed by atoms with van der Waals surface area (Å²) in [7, 11) is 0. The smallest absolute Gasteiger partial charge is 0.138 e. The molecule has 0 heterocycles. The third-order valence-corrected chi connectivity index (χ3v) is 3.70. The van der Waals surface area contributed by atoms with Gasteiger partial charge in [0.1, 0.15) is 12.4 Å². The van der Waals surface area contributed by atoms with Gasteiger partial charge in [-0.3, -0.25) is 0 Å². The van der Waals surface area contributed by atoms with Gasteiger partial charge in [-0.2, -0.15) is 0 Å². The Morgan fingerprint density at radius 1 is 1.09 bits per heavy atom. The van der Waals surface area contributed by atoms with Crippen molar-refractivity contribution in [3.05, 3.63) is 64.7 Å². The maximum absolute atomic E-state index is 9.24. The molecule has 0 aliphatic heterocycles. The van der Waals surface area contributed by atoms with Crippen LogP contribution in [0.3, 0.4) is 0 Å². The summed E-state index contributed by atoms with van der Waals surface area (Å²) in [6, 6.07) is 15.7. The Hall–Kier alpha value is -1.55. The van der Waals surface area contributed by atoms with Crippen LogP contribution in [0.2, 0.25) is 5.02 Å². The summed E-state index contributed by atoms with van der Waals surface area (Å²) in [5.41, 5.74) is 1.85. The normalized spacial score (nSPS) is 11.5. The highest BCUT2D eigenvalue weighted by Crippen LogP contribution is 2.26. The first-order chi connectivity index (χ1) is 10.5. The summed E-state index contributed by atoms with van der Waals surface area (Å²) >= 11 is 6.28. The number of rotatable bonds is 7. The van der Waals surface area contributed by atoms with E-state index in [1.54, 1.807) is 0 Å². The van der Waals surface area contributed by atoms with E-state index in [1.165, 1.54) is 0 Å². The molecule has 0 atom stereocenters. The first kappa shape index (κ1) is 16.8. The molecular formula is C18H22ClNO2. The molecule has 0 bridgehead atoms. The quantitative estimate of drug-likeness (QED) is 0.816. The van der Waals surface area contributed by atoms with Crippen LogP contribution in [0.4, 0.5) is 0 Å². The molecule has 2 N–H and O–H groups in total. The summed E-state index contributed by atoms with van der Waals surface area (Å²) in [4.78, 5) is 0. The average Bonchev–Trinajstić information content (AvgIpc) is 2.53. The van der Waals surface area contributed by atoms with E-state index >= 15 is 0 Å². The fourth-order valence-corrected chi connectivity index (χ4v) is 2.16. The van der Waals surface area contributed by atoms with Crippen molar-refractivity contribution in [2.75, 3.05) is 6.61 Å². The van der Waals surface area contributed by atoms with Crippen molar-refractivity contribution >= 4 is 11.6 Å². The summed E-state index contributed by atoms with van der Waals surface area (Å²) in [5, 5.41) is 13.1. The van der Waals surface area contributed by atoms with Gasteiger partial charge in [-0.05, 0) is 37.1 Å². The number of benzene rings is 2. The van der Waals surface area contributed by atoms with Crippen LogP contribution in [0, 0.1) is 0 Å². The fourth-order valence-electron chi connectivity index (χ4n) is 1.90. The maximum Gasteiger partial charge on any atom is 0.138 e. The number of aliphatic hydroxyl groups excluding tert-OH is 1. The van der Waals surface area contributed by atoms with Gasteiger partial charge in [0.2, 0.25) is 0 Å². The van der Waals surface area contributed by atoms with E-state index in [2.05, 4.69) is 5.32 Å². The minimum Gasteiger partial charge on any atom is -0.487 e. The van der Waals surface area contributed by atoms with E-state index in [0.717, 1.165) is 11.1 Å². The van der Waals surface area contributed by atoms with Gasteiger partial charge in [-0.25, -0.2) is 0 Å². The number of nitrogens with one attached hydrogen (secondary N) is 1. The summed E-state index contributed by atoms with van der Waals surface area (Å²) in [5.74, 6) is 0.677. The third-order valence-electron chi connectivity index (χ3n) is 3.40. The molecule has 2 aromatic rings. The number of hydrogen-bond donors (Lipinski definition) is 2. The molecule has 0 aromatic heterocycles. The largest absolute Gasteiger partial charge is 0.487 e. The second-order valence-corrected chi connectivity index (χ2v) is 6.34. The number of ether oxygens (including phenoxy) is 1. The van der Waals surface area contributed by atoms with E-state index in [1.807, 2.05) is 62.4 Å².